The predicted molar refractivity (Wildman–Crippen MR) is 148 cm³/mol. The Bertz CT molecular complexity index is 1670. The van der Waals surface area contributed by atoms with Crippen LogP contribution in [0.15, 0.2) is 75.2 Å². The highest BCUT2D eigenvalue weighted by Gasteiger charge is 2.31. The fraction of sp³-hybridized carbons (Fsp3) is 0.276. The number of pyridine rings is 1. The van der Waals surface area contributed by atoms with Crippen LogP contribution in [0.4, 0.5) is 4.39 Å². The second kappa shape index (κ2) is 11.7. The molecule has 10 heteroatoms. The van der Waals surface area contributed by atoms with E-state index in [2.05, 4.69) is 9.97 Å². The monoisotopic (exact) mass is 569 g/mol. The Labute approximate surface area is 231 Å². The van der Waals surface area contributed by atoms with Crippen molar-refractivity contribution in [3.05, 3.63) is 99.1 Å². The number of nitrogens with zero attached hydrogens (tertiary/aromatic N) is 3. The van der Waals surface area contributed by atoms with E-state index < -0.39 is 38.2 Å². The molecule has 2 aromatic carbocycles. The third-order valence-corrected chi connectivity index (χ3v) is 8.63. The molecule has 0 fully saturated rings. The minimum Gasteiger partial charge on any atom is -0.492 e. The van der Waals surface area contributed by atoms with Crippen LogP contribution in [0.25, 0.3) is 11.1 Å². The van der Waals surface area contributed by atoms with E-state index in [0.29, 0.717) is 46.9 Å². The molecular weight excluding hydrogens is 541 g/mol. The number of sulfone groups is 1. The van der Waals surface area contributed by atoms with Crippen molar-refractivity contribution in [3.8, 4) is 17.0 Å². The Morgan fingerprint density at radius 3 is 2.38 bits per heavy atom. The first-order chi connectivity index (χ1) is 18.6. The molecule has 0 bridgehead atoms. The van der Waals surface area contributed by atoms with Gasteiger partial charge in [-0.05, 0) is 67.3 Å². The number of aromatic hydroxyl groups is 1. The molecule has 2 heterocycles. The van der Waals surface area contributed by atoms with E-state index in [-0.39, 0.29) is 4.90 Å². The lowest BCUT2D eigenvalue weighted by Crippen LogP contribution is -2.33. The second-order valence-electron chi connectivity index (χ2n) is 9.23. The lowest BCUT2D eigenvalue weighted by atomic mass is 10.0. The van der Waals surface area contributed by atoms with Crippen LogP contribution < -0.4 is 5.56 Å². The highest BCUT2D eigenvalue weighted by Crippen LogP contribution is 2.31. The van der Waals surface area contributed by atoms with Gasteiger partial charge in [0.2, 0.25) is 21.7 Å². The van der Waals surface area contributed by atoms with Crippen molar-refractivity contribution in [3.63, 3.8) is 0 Å². The molecule has 7 nitrogen and oxygen atoms in total. The first-order valence-electron chi connectivity index (χ1n) is 12.7. The second-order valence-corrected chi connectivity index (χ2v) is 11.6. The van der Waals surface area contributed by atoms with Crippen molar-refractivity contribution in [2.24, 2.45) is 0 Å². The van der Waals surface area contributed by atoms with Gasteiger partial charge in [-0.15, -0.1) is 0 Å². The van der Waals surface area contributed by atoms with Crippen molar-refractivity contribution in [2.75, 3.05) is 0 Å². The molecule has 0 saturated heterocycles. The van der Waals surface area contributed by atoms with Crippen LogP contribution in [0.5, 0.6) is 5.88 Å². The summed E-state index contributed by atoms with van der Waals surface area (Å²) >= 11 is 6.22. The van der Waals surface area contributed by atoms with Crippen molar-refractivity contribution in [1.82, 2.24) is 14.5 Å². The molecule has 4 aromatic rings. The fourth-order valence-corrected chi connectivity index (χ4v) is 6.21. The van der Waals surface area contributed by atoms with E-state index in [0.717, 1.165) is 12.0 Å². The molecule has 204 valence electrons. The highest BCUT2D eigenvalue weighted by molar-refractivity contribution is 7.91. The molecule has 1 atom stereocenters. The Kier molecular flexibility index (Phi) is 8.51. The smallest absolute Gasteiger partial charge is 0.277 e. The average Bonchev–Trinajstić information content (AvgIpc) is 2.89. The summed E-state index contributed by atoms with van der Waals surface area (Å²) in [5, 5.41) is 11.3. The maximum Gasteiger partial charge on any atom is 0.277 e. The number of hydrogen-bond acceptors (Lipinski definition) is 6. The zero-order chi connectivity index (χ0) is 28.3. The zero-order valence-corrected chi connectivity index (χ0v) is 23.4. The summed E-state index contributed by atoms with van der Waals surface area (Å²) in [6.07, 6.45) is 2.37. The Balaban J connectivity index is 1.86. The maximum absolute atomic E-state index is 13.9. The molecule has 0 radical (unpaired) electrons. The topological polar surface area (TPSA) is 102 Å². The molecule has 39 heavy (non-hydrogen) atoms. The van der Waals surface area contributed by atoms with Crippen LogP contribution in [-0.2, 0) is 16.3 Å². The largest absolute Gasteiger partial charge is 0.492 e. The van der Waals surface area contributed by atoms with Gasteiger partial charge in [0.25, 0.3) is 5.56 Å². The number of rotatable bonds is 9. The van der Waals surface area contributed by atoms with E-state index >= 15 is 0 Å². The van der Waals surface area contributed by atoms with E-state index in [9.17, 15) is 22.7 Å². The number of halogens is 2. The molecule has 2 aromatic heterocycles. The molecule has 4 rings (SSSR count). The van der Waals surface area contributed by atoms with Crippen LogP contribution in [-0.4, -0.2) is 28.1 Å². The van der Waals surface area contributed by atoms with Crippen molar-refractivity contribution >= 4 is 21.4 Å². The van der Waals surface area contributed by atoms with Crippen LogP contribution in [0.2, 0.25) is 5.02 Å². The molecule has 0 amide bonds. The summed E-state index contributed by atoms with van der Waals surface area (Å²) < 4.78 is 42.2. The van der Waals surface area contributed by atoms with E-state index in [1.54, 1.807) is 43.3 Å². The van der Waals surface area contributed by atoms with Gasteiger partial charge in [0, 0.05) is 22.7 Å². The number of hydrogen-bond donors (Lipinski definition) is 1. The lowest BCUT2D eigenvalue weighted by molar-refractivity contribution is 0.406. The lowest BCUT2D eigenvalue weighted by Gasteiger charge is -2.23. The molecule has 0 spiro atoms. The van der Waals surface area contributed by atoms with Gasteiger partial charge in [-0.1, -0.05) is 56.1 Å². The minimum atomic E-state index is -4.46. The van der Waals surface area contributed by atoms with Gasteiger partial charge in [-0.2, -0.15) is 9.37 Å². The van der Waals surface area contributed by atoms with Crippen LogP contribution >= 0.6 is 11.6 Å². The number of unbranched alkanes of at least 4 members (excludes halogenated alkanes) is 1. The minimum absolute atomic E-state index is 0.183. The van der Waals surface area contributed by atoms with Gasteiger partial charge >= 0.3 is 0 Å². The van der Waals surface area contributed by atoms with Gasteiger partial charge in [-0.25, -0.2) is 13.4 Å². The van der Waals surface area contributed by atoms with E-state index in [1.807, 2.05) is 19.9 Å². The van der Waals surface area contributed by atoms with Crippen LogP contribution in [0.1, 0.15) is 56.2 Å². The van der Waals surface area contributed by atoms with Crippen LogP contribution in [0, 0.1) is 12.9 Å². The van der Waals surface area contributed by atoms with Gasteiger partial charge in [0.15, 0.2) is 4.90 Å². The maximum atomic E-state index is 13.9. The molecule has 0 aliphatic rings. The van der Waals surface area contributed by atoms with Gasteiger partial charge < -0.3 is 5.11 Å². The fourth-order valence-electron chi connectivity index (χ4n) is 4.67. The summed E-state index contributed by atoms with van der Waals surface area (Å²) in [7, 11) is -4.46. The average molecular weight is 570 g/mol. The van der Waals surface area contributed by atoms with Crippen molar-refractivity contribution < 1.29 is 17.9 Å². The third kappa shape index (κ3) is 5.74. The quantitative estimate of drug-likeness (QED) is 0.238. The van der Waals surface area contributed by atoms with Crippen molar-refractivity contribution in [1.29, 1.82) is 0 Å². The number of aromatic nitrogens is 3. The normalized spacial score (nSPS) is 12.4. The summed E-state index contributed by atoms with van der Waals surface area (Å²) in [4.78, 5) is 21.0. The summed E-state index contributed by atoms with van der Waals surface area (Å²) in [5.74, 6) is -1.13. The zero-order valence-electron chi connectivity index (χ0n) is 21.9. The van der Waals surface area contributed by atoms with Gasteiger partial charge in [0.1, 0.15) is 5.82 Å². The first-order valence-corrected chi connectivity index (χ1v) is 14.5. The SMILES string of the molecule is CCCCc1nc(O)c(S(=O)(=O)c2ccc(-c3ccc(F)nc3C)cc2)c(=O)n1C(CC)c1cccc(Cl)c1. The standard InChI is InChI=1S/C29H29ClFN3O4S/c1-4-6-10-26-33-28(35)27(29(36)34(26)24(5-2)20-8-7-9-21(30)17-20)39(37,38)22-13-11-19(12-14-22)23-15-16-25(31)32-18(23)3/h7-9,11-17,24,35H,4-6,10H2,1-3H3. The highest BCUT2D eigenvalue weighted by atomic mass is 35.5. The van der Waals surface area contributed by atoms with Crippen LogP contribution in [0.3, 0.4) is 0 Å². The summed E-state index contributed by atoms with van der Waals surface area (Å²) in [5.41, 5.74) is 1.60. The van der Waals surface area contributed by atoms with Gasteiger partial charge in [-0.3, -0.25) is 9.36 Å². The first kappa shape index (κ1) is 28.4. The molecule has 1 N–H and O–H groups in total. The van der Waals surface area contributed by atoms with E-state index in [4.69, 9.17) is 11.6 Å². The molecule has 0 aliphatic carbocycles. The van der Waals surface area contributed by atoms with Crippen molar-refractivity contribution in [2.45, 2.75) is 62.3 Å². The van der Waals surface area contributed by atoms with Gasteiger partial charge in [0.05, 0.1) is 10.9 Å². The number of benzene rings is 2. The number of aryl methyl sites for hydroxylation is 2. The molecule has 0 saturated carbocycles. The molecule has 1 unspecified atom stereocenters. The van der Waals surface area contributed by atoms with E-state index in [1.165, 1.54) is 22.8 Å². The Morgan fingerprint density at radius 1 is 1.05 bits per heavy atom. The third-order valence-electron chi connectivity index (χ3n) is 6.61. The summed E-state index contributed by atoms with van der Waals surface area (Å²) in [6.45, 7) is 5.52. The molecular formula is C29H29ClFN3O4S. The molecule has 0 aliphatic heterocycles. The predicted octanol–water partition coefficient (Wildman–Crippen LogP) is 6.29. The Morgan fingerprint density at radius 2 is 1.77 bits per heavy atom. The summed E-state index contributed by atoms with van der Waals surface area (Å²) in [6, 6.07) is 15.1. The Hall–Kier alpha value is -3.56.